The van der Waals surface area contributed by atoms with Gasteiger partial charge in [-0.05, 0) is 12.3 Å². The fraction of sp³-hybridized carbons (Fsp3) is 0.818. The van der Waals surface area contributed by atoms with Crippen molar-refractivity contribution in [1.29, 1.82) is 0 Å². The van der Waals surface area contributed by atoms with Crippen LogP contribution in [-0.2, 0) is 0 Å². The fourth-order valence-corrected chi connectivity index (χ4v) is 3.12. The van der Waals surface area contributed by atoms with Crippen LogP contribution in [0, 0.1) is 5.92 Å². The number of rotatable bonds is 16. The summed E-state index contributed by atoms with van der Waals surface area (Å²) in [5.74, 6) is 0.550. The molecule has 0 spiro atoms. The van der Waals surface area contributed by atoms with E-state index in [-0.39, 0.29) is 17.9 Å². The molecule has 27 heavy (non-hydrogen) atoms. The minimum Gasteiger partial charge on any atom is -0.446 e. The van der Waals surface area contributed by atoms with Crippen LogP contribution in [0.4, 0.5) is 0 Å². The van der Waals surface area contributed by atoms with Crippen LogP contribution in [-0.4, -0.2) is 17.4 Å². The summed E-state index contributed by atoms with van der Waals surface area (Å²) in [6.45, 7) is 7.08. The molecule has 5 nitrogen and oxygen atoms in total. The maximum absolute atomic E-state index is 12.1. The molecule has 2 atom stereocenters. The maximum atomic E-state index is 12.1. The summed E-state index contributed by atoms with van der Waals surface area (Å²) in [5.41, 5.74) is 6.42. The number of hydrogen-bond donors (Lipinski definition) is 2. The molecule has 1 aromatic rings. The van der Waals surface area contributed by atoms with Gasteiger partial charge in [0.25, 0.3) is 5.91 Å². The van der Waals surface area contributed by atoms with Gasteiger partial charge < -0.3 is 15.5 Å². The Morgan fingerprint density at radius 1 is 1.04 bits per heavy atom. The molecule has 0 saturated carbocycles. The summed E-state index contributed by atoms with van der Waals surface area (Å²) < 4.78 is 5.39. The van der Waals surface area contributed by atoms with Crippen LogP contribution in [0.5, 0.6) is 0 Å². The Hall–Kier alpha value is -1.36. The van der Waals surface area contributed by atoms with Crippen LogP contribution in [0.3, 0.4) is 0 Å². The molecule has 3 N–H and O–H groups in total. The van der Waals surface area contributed by atoms with Crippen molar-refractivity contribution in [2.45, 2.75) is 104 Å². The van der Waals surface area contributed by atoms with Crippen molar-refractivity contribution in [1.82, 2.24) is 10.3 Å². The van der Waals surface area contributed by atoms with E-state index in [1.807, 2.05) is 0 Å². The first kappa shape index (κ1) is 23.7. The van der Waals surface area contributed by atoms with E-state index in [0.29, 0.717) is 18.1 Å². The van der Waals surface area contributed by atoms with Crippen molar-refractivity contribution in [2.75, 3.05) is 6.54 Å². The Morgan fingerprint density at radius 2 is 1.59 bits per heavy atom. The molecule has 2 unspecified atom stereocenters. The first-order valence-electron chi connectivity index (χ1n) is 11.1. The highest BCUT2D eigenvalue weighted by Gasteiger charge is 2.20. The average molecular weight is 380 g/mol. The molecule has 0 radical (unpaired) electrons. The minimum atomic E-state index is -0.261. The highest BCUT2D eigenvalue weighted by molar-refractivity contribution is 5.91. The number of oxazole rings is 1. The van der Waals surface area contributed by atoms with Gasteiger partial charge in [-0.3, -0.25) is 4.79 Å². The van der Waals surface area contributed by atoms with Crippen molar-refractivity contribution in [2.24, 2.45) is 11.7 Å². The number of nitrogens with two attached hydrogens (primary N) is 1. The van der Waals surface area contributed by atoms with Gasteiger partial charge in [-0.2, -0.15) is 0 Å². The number of nitrogens with zero attached hydrogens (tertiary/aromatic N) is 1. The Bertz CT molecular complexity index is 502. The number of hydrogen-bond acceptors (Lipinski definition) is 4. The zero-order valence-corrected chi connectivity index (χ0v) is 17.8. The highest BCUT2D eigenvalue weighted by atomic mass is 16.3. The van der Waals surface area contributed by atoms with E-state index in [1.54, 1.807) is 0 Å². The molecule has 1 amide bonds. The standard InChI is InChI=1S/C22H41N3O2/c1-4-6-7-8-9-10-11-12-13-14-15-16-24-21(26)19-17-27-22(25-19)20(23)18(3)5-2/h17-18,20H,4-16,23H2,1-3H3,(H,24,26). The van der Waals surface area contributed by atoms with Gasteiger partial charge in [-0.1, -0.05) is 91.4 Å². The largest absolute Gasteiger partial charge is 0.446 e. The van der Waals surface area contributed by atoms with E-state index in [2.05, 4.69) is 31.1 Å². The third-order valence-corrected chi connectivity index (χ3v) is 5.36. The third kappa shape index (κ3) is 9.94. The van der Waals surface area contributed by atoms with Gasteiger partial charge in [0.05, 0.1) is 6.04 Å². The Balaban J connectivity index is 2.05. The molecule has 0 aromatic carbocycles. The van der Waals surface area contributed by atoms with Crippen molar-refractivity contribution in [3.8, 4) is 0 Å². The van der Waals surface area contributed by atoms with Crippen molar-refractivity contribution in [3.63, 3.8) is 0 Å². The molecular weight excluding hydrogens is 338 g/mol. The van der Waals surface area contributed by atoms with Crippen LogP contribution in [0.15, 0.2) is 10.7 Å². The number of nitrogens with one attached hydrogen (secondary N) is 1. The van der Waals surface area contributed by atoms with Crippen LogP contribution in [0.1, 0.15) is 120 Å². The van der Waals surface area contributed by atoms with Crippen LogP contribution < -0.4 is 11.1 Å². The van der Waals surface area contributed by atoms with E-state index < -0.39 is 0 Å². The van der Waals surface area contributed by atoms with E-state index in [4.69, 9.17) is 10.2 Å². The van der Waals surface area contributed by atoms with Gasteiger partial charge in [-0.15, -0.1) is 0 Å². The lowest BCUT2D eigenvalue weighted by Crippen LogP contribution is -2.25. The zero-order chi connectivity index (χ0) is 19.9. The molecule has 0 aliphatic carbocycles. The van der Waals surface area contributed by atoms with Crippen LogP contribution >= 0.6 is 0 Å². The molecular formula is C22H41N3O2. The summed E-state index contributed by atoms with van der Waals surface area (Å²) in [5, 5.41) is 2.92. The molecule has 1 aromatic heterocycles. The Kier molecular flexibility index (Phi) is 12.9. The first-order chi connectivity index (χ1) is 13.1. The van der Waals surface area contributed by atoms with Gasteiger partial charge in [0.1, 0.15) is 6.26 Å². The molecule has 0 saturated heterocycles. The lowest BCUT2D eigenvalue weighted by molar-refractivity contribution is 0.0948. The smallest absolute Gasteiger partial charge is 0.273 e. The lowest BCUT2D eigenvalue weighted by Gasteiger charge is -2.13. The second-order valence-electron chi connectivity index (χ2n) is 7.77. The second-order valence-corrected chi connectivity index (χ2v) is 7.77. The Morgan fingerprint density at radius 3 is 2.15 bits per heavy atom. The molecule has 156 valence electrons. The number of unbranched alkanes of at least 4 members (excludes halogenated alkanes) is 10. The molecule has 0 bridgehead atoms. The lowest BCUT2D eigenvalue weighted by atomic mass is 10.0. The number of carbonyl (C=O) groups is 1. The van der Waals surface area contributed by atoms with Gasteiger partial charge in [-0.25, -0.2) is 4.98 Å². The fourth-order valence-electron chi connectivity index (χ4n) is 3.12. The monoisotopic (exact) mass is 379 g/mol. The summed E-state index contributed by atoms with van der Waals surface area (Å²) in [6.07, 6.45) is 16.7. The predicted octanol–water partition coefficient (Wildman–Crippen LogP) is 5.76. The number of aromatic nitrogens is 1. The van der Waals surface area contributed by atoms with Gasteiger partial charge >= 0.3 is 0 Å². The topological polar surface area (TPSA) is 81.2 Å². The molecule has 1 heterocycles. The average Bonchev–Trinajstić information content (AvgIpc) is 3.17. The minimum absolute atomic E-state index is 0.173. The summed E-state index contributed by atoms with van der Waals surface area (Å²) in [7, 11) is 0. The van der Waals surface area contributed by atoms with E-state index in [9.17, 15) is 4.79 Å². The van der Waals surface area contributed by atoms with E-state index >= 15 is 0 Å². The van der Waals surface area contributed by atoms with Gasteiger partial charge in [0.2, 0.25) is 5.89 Å². The highest BCUT2D eigenvalue weighted by Crippen LogP contribution is 2.21. The number of amides is 1. The SMILES string of the molecule is CCCCCCCCCCCCCNC(=O)c1coc(C(N)C(C)CC)n1. The van der Waals surface area contributed by atoms with Crippen LogP contribution in [0.25, 0.3) is 0 Å². The first-order valence-corrected chi connectivity index (χ1v) is 11.1. The normalized spacial score (nSPS) is 13.5. The number of carbonyl (C=O) groups excluding carboxylic acids is 1. The zero-order valence-electron chi connectivity index (χ0n) is 17.8. The van der Waals surface area contributed by atoms with Crippen molar-refractivity contribution in [3.05, 3.63) is 17.8 Å². The maximum Gasteiger partial charge on any atom is 0.273 e. The summed E-state index contributed by atoms with van der Waals surface area (Å²) >= 11 is 0. The summed E-state index contributed by atoms with van der Waals surface area (Å²) in [6, 6.07) is -0.261. The summed E-state index contributed by atoms with van der Waals surface area (Å²) in [4.78, 5) is 16.4. The second kappa shape index (κ2) is 14.7. The third-order valence-electron chi connectivity index (χ3n) is 5.36. The molecule has 0 aliphatic rings. The molecule has 5 heteroatoms. The predicted molar refractivity (Wildman–Crippen MR) is 112 cm³/mol. The molecule has 0 fully saturated rings. The van der Waals surface area contributed by atoms with Crippen molar-refractivity contribution < 1.29 is 9.21 Å². The van der Waals surface area contributed by atoms with E-state index in [0.717, 1.165) is 12.8 Å². The molecule has 0 aliphatic heterocycles. The quantitative estimate of drug-likeness (QED) is 0.358. The Labute approximate surface area is 165 Å². The molecule has 1 rings (SSSR count). The van der Waals surface area contributed by atoms with Crippen LogP contribution in [0.2, 0.25) is 0 Å². The van der Waals surface area contributed by atoms with Crippen molar-refractivity contribution >= 4 is 5.91 Å². The van der Waals surface area contributed by atoms with Gasteiger partial charge in [0, 0.05) is 6.54 Å². The van der Waals surface area contributed by atoms with E-state index in [1.165, 1.54) is 70.5 Å². The van der Waals surface area contributed by atoms with Gasteiger partial charge in [0.15, 0.2) is 5.69 Å².